The van der Waals surface area contributed by atoms with Gasteiger partial charge in [0.25, 0.3) is 0 Å². The lowest BCUT2D eigenvalue weighted by atomic mass is 10.1. The number of dihydropyridines is 1. The molecule has 1 aliphatic carbocycles. The lowest BCUT2D eigenvalue weighted by molar-refractivity contribution is -0.115. The average Bonchev–Trinajstić information content (AvgIpc) is 3.70. The molecule has 2 aliphatic heterocycles. The quantitative estimate of drug-likeness (QED) is 0.635. The van der Waals surface area contributed by atoms with Crippen molar-refractivity contribution in [1.29, 1.82) is 0 Å². The van der Waals surface area contributed by atoms with Crippen LogP contribution in [0.5, 0.6) is 5.88 Å². The van der Waals surface area contributed by atoms with Gasteiger partial charge < -0.3 is 20.3 Å². The van der Waals surface area contributed by atoms with E-state index in [0.29, 0.717) is 54.4 Å². The molecular formula is C23H24N8O3. The number of amidine groups is 1. The van der Waals surface area contributed by atoms with Crippen molar-refractivity contribution < 1.29 is 14.3 Å². The van der Waals surface area contributed by atoms with Crippen molar-refractivity contribution in [2.45, 2.75) is 31.8 Å². The Morgan fingerprint density at radius 1 is 1.26 bits per heavy atom. The second-order valence-electron chi connectivity index (χ2n) is 8.08. The number of methoxy groups -OCH3 is 1. The van der Waals surface area contributed by atoms with E-state index in [0.717, 1.165) is 18.4 Å². The van der Waals surface area contributed by atoms with Crippen LogP contribution < -0.4 is 20.3 Å². The molecular weight excluding hydrogens is 436 g/mol. The summed E-state index contributed by atoms with van der Waals surface area (Å²) in [7, 11) is 1.55. The Hall–Kier alpha value is -4.28. The molecule has 0 bridgehead atoms. The van der Waals surface area contributed by atoms with E-state index < -0.39 is 0 Å². The highest BCUT2D eigenvalue weighted by Crippen LogP contribution is 2.38. The summed E-state index contributed by atoms with van der Waals surface area (Å²) in [5, 5.41) is 5.81. The fourth-order valence-electron chi connectivity index (χ4n) is 3.86. The van der Waals surface area contributed by atoms with Gasteiger partial charge in [0.2, 0.25) is 17.7 Å². The van der Waals surface area contributed by atoms with Crippen LogP contribution in [-0.4, -0.2) is 57.3 Å². The summed E-state index contributed by atoms with van der Waals surface area (Å²) in [5.41, 5.74) is 2.25. The highest BCUT2D eigenvalue weighted by molar-refractivity contribution is 6.09. The van der Waals surface area contributed by atoms with Gasteiger partial charge >= 0.3 is 6.03 Å². The van der Waals surface area contributed by atoms with Crippen LogP contribution >= 0.6 is 0 Å². The molecule has 0 radical (unpaired) electrons. The number of rotatable bonds is 6. The number of fused-ring (bicyclic) bond motifs is 1. The van der Waals surface area contributed by atoms with Crippen molar-refractivity contribution in [2.75, 3.05) is 23.9 Å². The Bertz CT molecular complexity index is 1200. The number of aliphatic imine (C=N–C) groups is 1. The van der Waals surface area contributed by atoms with Gasteiger partial charge in [-0.2, -0.15) is 4.98 Å². The molecule has 1 fully saturated rings. The van der Waals surface area contributed by atoms with E-state index in [1.165, 1.54) is 6.08 Å². The largest absolute Gasteiger partial charge is 0.481 e. The molecule has 0 spiro atoms. The number of amides is 3. The van der Waals surface area contributed by atoms with Crippen LogP contribution in [0.2, 0.25) is 0 Å². The summed E-state index contributed by atoms with van der Waals surface area (Å²) in [6.45, 7) is 4.37. The minimum Gasteiger partial charge on any atom is -0.481 e. The number of hydrogen-bond acceptors (Lipinski definition) is 8. The highest BCUT2D eigenvalue weighted by Gasteiger charge is 2.41. The topological polar surface area (TPSA) is 125 Å². The minimum atomic E-state index is -0.358. The van der Waals surface area contributed by atoms with Crippen LogP contribution in [0.25, 0.3) is 0 Å². The van der Waals surface area contributed by atoms with E-state index in [4.69, 9.17) is 4.74 Å². The molecule has 0 unspecified atom stereocenters. The first-order chi connectivity index (χ1) is 16.6. The number of ether oxygens (including phenoxy) is 1. The maximum atomic E-state index is 13.6. The number of carbonyl (C=O) groups is 2. The molecule has 3 aliphatic rings. The third-order valence-corrected chi connectivity index (χ3v) is 5.70. The minimum absolute atomic E-state index is 0.131. The molecule has 1 saturated carbocycles. The fourth-order valence-corrected chi connectivity index (χ4v) is 3.86. The fraction of sp³-hybridized carbons (Fsp3) is 0.304. The third kappa shape index (κ3) is 4.32. The van der Waals surface area contributed by atoms with Gasteiger partial charge in [0, 0.05) is 48.6 Å². The van der Waals surface area contributed by atoms with Gasteiger partial charge in [-0.1, -0.05) is 6.58 Å². The van der Waals surface area contributed by atoms with Crippen LogP contribution in [0.15, 0.2) is 53.9 Å². The standard InChI is InChI=1S/C23H24N8O3/c1-3-19(32)28-18-10-17(8-9-24-18)31-21-14(13-30(23(31)33)16-5-6-16)11-26-22(29-21)27-15-4-7-20(34-2)25-12-15/h3-4,7,10-12,16H,1,5-6,8-9,13H2,2H3,(H,24,28,32)(H,26,27,29). The number of anilines is 3. The summed E-state index contributed by atoms with van der Waals surface area (Å²) < 4.78 is 5.09. The smallest absolute Gasteiger partial charge is 0.330 e. The Morgan fingerprint density at radius 2 is 2.12 bits per heavy atom. The lowest BCUT2D eigenvalue weighted by Gasteiger charge is -2.37. The van der Waals surface area contributed by atoms with Crippen LogP contribution in [0, 0.1) is 0 Å². The Balaban J connectivity index is 1.48. The molecule has 2 aromatic rings. The molecule has 11 heteroatoms. The first-order valence-corrected chi connectivity index (χ1v) is 11.0. The molecule has 4 heterocycles. The van der Waals surface area contributed by atoms with Gasteiger partial charge in [-0.15, -0.1) is 0 Å². The van der Waals surface area contributed by atoms with Crippen molar-refractivity contribution in [2.24, 2.45) is 4.99 Å². The molecule has 3 amide bonds. The van der Waals surface area contributed by atoms with E-state index >= 15 is 0 Å². The molecule has 174 valence electrons. The number of aromatic nitrogens is 3. The number of hydrogen-bond donors (Lipinski definition) is 2. The van der Waals surface area contributed by atoms with Crippen molar-refractivity contribution in [3.63, 3.8) is 0 Å². The normalized spacial score (nSPS) is 17.4. The van der Waals surface area contributed by atoms with Crippen molar-refractivity contribution in [3.05, 3.63) is 54.5 Å². The second-order valence-corrected chi connectivity index (χ2v) is 8.08. The van der Waals surface area contributed by atoms with Crippen LogP contribution in [0.3, 0.4) is 0 Å². The van der Waals surface area contributed by atoms with E-state index in [2.05, 4.69) is 37.2 Å². The molecule has 34 heavy (non-hydrogen) atoms. The Labute approximate surface area is 196 Å². The monoisotopic (exact) mass is 460 g/mol. The van der Waals surface area contributed by atoms with E-state index in [1.807, 2.05) is 4.90 Å². The van der Waals surface area contributed by atoms with Gasteiger partial charge in [0.1, 0.15) is 5.84 Å². The van der Waals surface area contributed by atoms with Gasteiger partial charge in [-0.05, 0) is 25.0 Å². The molecule has 11 nitrogen and oxygen atoms in total. The van der Waals surface area contributed by atoms with Crippen molar-refractivity contribution >= 4 is 35.2 Å². The average molecular weight is 460 g/mol. The molecule has 5 rings (SSSR count). The first kappa shape index (κ1) is 21.6. The molecule has 0 saturated heterocycles. The first-order valence-electron chi connectivity index (χ1n) is 11.0. The summed E-state index contributed by atoms with van der Waals surface area (Å²) in [6, 6.07) is 3.63. The maximum Gasteiger partial charge on any atom is 0.330 e. The zero-order chi connectivity index (χ0) is 23.7. The summed E-state index contributed by atoms with van der Waals surface area (Å²) in [5.74, 6) is 1.39. The number of carbonyl (C=O) groups excluding carboxylic acids is 2. The van der Waals surface area contributed by atoms with Gasteiger partial charge in [0.05, 0.1) is 25.5 Å². The van der Waals surface area contributed by atoms with Crippen molar-refractivity contribution in [3.8, 4) is 5.88 Å². The molecule has 2 N–H and O–H groups in total. The summed E-state index contributed by atoms with van der Waals surface area (Å²) >= 11 is 0. The Morgan fingerprint density at radius 3 is 2.82 bits per heavy atom. The third-order valence-electron chi connectivity index (χ3n) is 5.70. The number of pyridine rings is 1. The molecule has 0 atom stereocenters. The predicted octanol–water partition coefficient (Wildman–Crippen LogP) is 2.52. The van der Waals surface area contributed by atoms with E-state index in [9.17, 15) is 9.59 Å². The molecule has 2 aromatic heterocycles. The number of nitrogens with zero attached hydrogens (tertiary/aromatic N) is 6. The second kappa shape index (κ2) is 8.93. The van der Waals surface area contributed by atoms with Gasteiger partial charge in [-0.3, -0.25) is 9.79 Å². The van der Waals surface area contributed by atoms with Crippen LogP contribution in [-0.2, 0) is 11.3 Å². The van der Waals surface area contributed by atoms with Crippen LogP contribution in [0.4, 0.5) is 22.2 Å². The van der Waals surface area contributed by atoms with Crippen molar-refractivity contribution in [1.82, 2.24) is 25.2 Å². The number of nitrogens with one attached hydrogen (secondary N) is 2. The molecule has 0 aromatic carbocycles. The Kier molecular flexibility index (Phi) is 5.66. The van der Waals surface area contributed by atoms with Gasteiger partial charge in [-0.25, -0.2) is 19.7 Å². The van der Waals surface area contributed by atoms with Crippen LogP contribution in [0.1, 0.15) is 24.8 Å². The lowest BCUT2D eigenvalue weighted by Crippen LogP contribution is -2.49. The summed E-state index contributed by atoms with van der Waals surface area (Å²) in [6.07, 6.45) is 8.77. The zero-order valence-electron chi connectivity index (χ0n) is 18.7. The predicted molar refractivity (Wildman–Crippen MR) is 126 cm³/mol. The SMILES string of the molecule is C=CC(=O)NC1=NCCC(N2C(=O)N(C3CC3)Cc3cnc(Nc4ccc(OC)nc4)nc32)=C1. The van der Waals surface area contributed by atoms with E-state index in [-0.39, 0.29) is 18.0 Å². The number of urea groups is 1. The zero-order valence-corrected chi connectivity index (χ0v) is 18.7. The highest BCUT2D eigenvalue weighted by atomic mass is 16.5. The van der Waals surface area contributed by atoms with Gasteiger partial charge in [0.15, 0.2) is 5.82 Å². The maximum absolute atomic E-state index is 13.6. The van der Waals surface area contributed by atoms with E-state index in [1.54, 1.807) is 42.6 Å². The summed E-state index contributed by atoms with van der Waals surface area (Å²) in [4.78, 5) is 46.5.